The molecule has 2 saturated heterocycles. The van der Waals surface area contributed by atoms with Crippen LogP contribution in [0.4, 0.5) is 4.79 Å². The summed E-state index contributed by atoms with van der Waals surface area (Å²) < 4.78 is 5.33. The third-order valence-corrected chi connectivity index (χ3v) is 3.96. The Bertz CT molecular complexity index is 340. The predicted molar refractivity (Wildman–Crippen MR) is 68.9 cm³/mol. The number of nitrogens with zero attached hydrogens (tertiary/aromatic N) is 2. The average Bonchev–Trinajstić information content (AvgIpc) is 2.39. The van der Waals surface area contributed by atoms with Crippen molar-refractivity contribution in [1.29, 1.82) is 0 Å². The van der Waals surface area contributed by atoms with Gasteiger partial charge < -0.3 is 19.6 Å². The Balaban J connectivity index is 1.83. The van der Waals surface area contributed by atoms with Crippen molar-refractivity contribution >= 4 is 12.0 Å². The number of rotatable bonds is 2. The van der Waals surface area contributed by atoms with E-state index >= 15 is 0 Å². The quantitative estimate of drug-likeness (QED) is 0.813. The summed E-state index contributed by atoms with van der Waals surface area (Å²) in [7, 11) is 0. The molecule has 1 unspecified atom stereocenters. The Morgan fingerprint density at radius 2 is 1.95 bits per heavy atom. The lowest BCUT2D eigenvalue weighted by atomic mass is 9.94. The van der Waals surface area contributed by atoms with E-state index in [0.29, 0.717) is 32.8 Å². The molecule has 6 heteroatoms. The van der Waals surface area contributed by atoms with Crippen LogP contribution in [0.25, 0.3) is 0 Å². The highest BCUT2D eigenvalue weighted by molar-refractivity contribution is 5.75. The van der Waals surface area contributed by atoms with Gasteiger partial charge in [0.15, 0.2) is 0 Å². The maximum absolute atomic E-state index is 12.4. The number of likely N-dealkylation sites (tertiary alicyclic amines) is 1. The maximum atomic E-state index is 12.4. The van der Waals surface area contributed by atoms with E-state index in [9.17, 15) is 9.59 Å². The third-order valence-electron chi connectivity index (χ3n) is 3.96. The van der Waals surface area contributed by atoms with Crippen LogP contribution < -0.4 is 0 Å². The van der Waals surface area contributed by atoms with E-state index in [4.69, 9.17) is 9.84 Å². The molecule has 2 fully saturated rings. The molecular weight excluding hydrogens is 248 g/mol. The summed E-state index contributed by atoms with van der Waals surface area (Å²) in [5.41, 5.74) is 0. The van der Waals surface area contributed by atoms with Gasteiger partial charge in [-0.15, -0.1) is 0 Å². The van der Waals surface area contributed by atoms with Crippen LogP contribution in [0.3, 0.4) is 0 Å². The minimum atomic E-state index is -0.744. The van der Waals surface area contributed by atoms with Crippen molar-refractivity contribution < 1.29 is 19.4 Å². The third kappa shape index (κ3) is 3.59. The highest BCUT2D eigenvalue weighted by atomic mass is 16.5. The molecule has 2 heterocycles. The van der Waals surface area contributed by atoms with E-state index in [0.717, 1.165) is 12.8 Å². The second-order valence-electron chi connectivity index (χ2n) is 5.43. The van der Waals surface area contributed by atoms with E-state index in [1.165, 1.54) is 0 Å². The van der Waals surface area contributed by atoms with Crippen LogP contribution >= 0.6 is 0 Å². The van der Waals surface area contributed by atoms with Crippen molar-refractivity contribution in [1.82, 2.24) is 9.80 Å². The van der Waals surface area contributed by atoms with Gasteiger partial charge >= 0.3 is 12.0 Å². The first kappa shape index (κ1) is 14.1. The van der Waals surface area contributed by atoms with Gasteiger partial charge in [0.2, 0.25) is 0 Å². The molecule has 108 valence electrons. The molecule has 1 atom stereocenters. The summed E-state index contributed by atoms with van der Waals surface area (Å²) >= 11 is 0. The highest BCUT2D eigenvalue weighted by Crippen LogP contribution is 2.22. The molecule has 6 nitrogen and oxygen atoms in total. The number of carbonyl (C=O) groups excluding carboxylic acids is 1. The summed E-state index contributed by atoms with van der Waals surface area (Å²) in [6, 6.07) is 0.197. The van der Waals surface area contributed by atoms with Gasteiger partial charge in [-0.2, -0.15) is 0 Å². The van der Waals surface area contributed by atoms with Gasteiger partial charge in [0.05, 0.1) is 19.3 Å². The number of carbonyl (C=O) groups is 2. The minimum Gasteiger partial charge on any atom is -0.481 e. The lowest BCUT2D eigenvalue weighted by molar-refractivity contribution is -0.138. The lowest BCUT2D eigenvalue weighted by Gasteiger charge is -2.39. The van der Waals surface area contributed by atoms with Crippen LogP contribution in [0.2, 0.25) is 0 Å². The molecule has 2 amide bonds. The zero-order chi connectivity index (χ0) is 13.8. The van der Waals surface area contributed by atoms with Gasteiger partial charge in [0.1, 0.15) is 0 Å². The second-order valence-corrected chi connectivity index (χ2v) is 5.43. The van der Waals surface area contributed by atoms with E-state index in [1.54, 1.807) is 0 Å². The number of morpholine rings is 1. The Kier molecular flexibility index (Phi) is 4.63. The molecule has 0 aromatic rings. The van der Waals surface area contributed by atoms with Crippen molar-refractivity contribution in [2.45, 2.75) is 32.2 Å². The smallest absolute Gasteiger partial charge is 0.320 e. The number of hydrogen-bond acceptors (Lipinski definition) is 3. The van der Waals surface area contributed by atoms with Gasteiger partial charge in [0.25, 0.3) is 0 Å². The largest absolute Gasteiger partial charge is 0.481 e. The van der Waals surface area contributed by atoms with Crippen LogP contribution in [-0.4, -0.2) is 65.8 Å². The predicted octanol–water partition coefficient (Wildman–Crippen LogP) is 1.01. The Morgan fingerprint density at radius 3 is 2.53 bits per heavy atom. The van der Waals surface area contributed by atoms with Gasteiger partial charge in [-0.05, 0) is 25.7 Å². The van der Waals surface area contributed by atoms with Crippen molar-refractivity contribution in [3.8, 4) is 0 Å². The number of aliphatic carboxylic acids is 1. The molecule has 0 aromatic carbocycles. The second kappa shape index (κ2) is 6.23. The number of piperidine rings is 1. The zero-order valence-electron chi connectivity index (χ0n) is 11.4. The summed E-state index contributed by atoms with van der Waals surface area (Å²) in [6.07, 6.45) is 1.80. The van der Waals surface area contributed by atoms with Gasteiger partial charge in [-0.25, -0.2) is 4.79 Å². The van der Waals surface area contributed by atoms with Crippen LogP contribution in [0.5, 0.6) is 0 Å². The maximum Gasteiger partial charge on any atom is 0.320 e. The molecule has 19 heavy (non-hydrogen) atoms. The number of amides is 2. The normalized spacial score (nSPS) is 25.4. The van der Waals surface area contributed by atoms with Crippen molar-refractivity contribution in [3.05, 3.63) is 0 Å². The minimum absolute atomic E-state index is 0.0737. The number of ether oxygens (including phenoxy) is 1. The summed E-state index contributed by atoms with van der Waals surface area (Å²) in [5.74, 6) is -0.532. The molecule has 0 spiro atoms. The summed E-state index contributed by atoms with van der Waals surface area (Å²) in [5, 5.41) is 8.78. The molecule has 0 bridgehead atoms. The molecule has 0 aromatic heterocycles. The fraction of sp³-hybridized carbons (Fsp3) is 0.846. The monoisotopic (exact) mass is 270 g/mol. The molecule has 0 aliphatic carbocycles. The molecule has 1 N–H and O–H groups in total. The fourth-order valence-electron chi connectivity index (χ4n) is 2.77. The zero-order valence-corrected chi connectivity index (χ0v) is 11.4. The summed E-state index contributed by atoms with van der Waals surface area (Å²) in [4.78, 5) is 26.8. The Labute approximate surface area is 113 Å². The highest BCUT2D eigenvalue weighted by Gasteiger charge is 2.30. The van der Waals surface area contributed by atoms with Crippen LogP contribution in [0, 0.1) is 5.92 Å². The SMILES string of the molecule is CC1COCCN1C(=O)N1CCC(CC(=O)O)CC1. The molecular formula is C13H22N2O4. The molecule has 2 aliphatic rings. The number of urea groups is 1. The Morgan fingerprint density at radius 1 is 1.26 bits per heavy atom. The first-order chi connectivity index (χ1) is 9.08. The van der Waals surface area contributed by atoms with E-state index in [1.807, 2.05) is 16.7 Å². The fourth-order valence-corrected chi connectivity index (χ4v) is 2.77. The topological polar surface area (TPSA) is 70.1 Å². The number of carboxylic acids is 1. The molecule has 2 aliphatic heterocycles. The first-order valence-corrected chi connectivity index (χ1v) is 6.93. The van der Waals surface area contributed by atoms with E-state index < -0.39 is 5.97 Å². The standard InChI is InChI=1S/C13H22N2O4/c1-10-9-19-7-6-15(10)13(18)14-4-2-11(3-5-14)8-12(16)17/h10-11H,2-9H2,1H3,(H,16,17). The van der Waals surface area contributed by atoms with Crippen LogP contribution in [0.1, 0.15) is 26.2 Å². The van der Waals surface area contributed by atoms with Gasteiger partial charge in [-0.1, -0.05) is 0 Å². The molecule has 2 rings (SSSR count). The van der Waals surface area contributed by atoms with Crippen molar-refractivity contribution in [3.63, 3.8) is 0 Å². The molecule has 0 saturated carbocycles. The summed E-state index contributed by atoms with van der Waals surface area (Å²) in [6.45, 7) is 5.18. The van der Waals surface area contributed by atoms with Crippen LogP contribution in [-0.2, 0) is 9.53 Å². The van der Waals surface area contributed by atoms with Crippen molar-refractivity contribution in [2.24, 2.45) is 5.92 Å². The van der Waals surface area contributed by atoms with Crippen LogP contribution in [0.15, 0.2) is 0 Å². The first-order valence-electron chi connectivity index (χ1n) is 6.93. The number of hydrogen-bond donors (Lipinski definition) is 1. The molecule has 0 radical (unpaired) electrons. The average molecular weight is 270 g/mol. The Hall–Kier alpha value is -1.30. The van der Waals surface area contributed by atoms with Gasteiger partial charge in [-0.3, -0.25) is 4.79 Å². The van der Waals surface area contributed by atoms with Crippen molar-refractivity contribution in [2.75, 3.05) is 32.8 Å². The number of carboxylic acid groups (broad SMARTS) is 1. The lowest BCUT2D eigenvalue weighted by Crippen LogP contribution is -2.54. The van der Waals surface area contributed by atoms with E-state index in [2.05, 4.69) is 0 Å². The van der Waals surface area contributed by atoms with Gasteiger partial charge in [0, 0.05) is 26.1 Å². The van der Waals surface area contributed by atoms with E-state index in [-0.39, 0.29) is 24.4 Å².